The monoisotopic (exact) mass is 510 g/mol. The third-order valence-corrected chi connectivity index (χ3v) is 5.47. The smallest absolute Gasteiger partial charge is 0.255 e. The Bertz CT molecular complexity index is 1360. The van der Waals surface area contributed by atoms with Gasteiger partial charge in [-0.05, 0) is 69.3 Å². The van der Waals surface area contributed by atoms with E-state index in [0.717, 1.165) is 0 Å². The maximum atomic E-state index is 13.1. The van der Waals surface area contributed by atoms with Gasteiger partial charge in [-0.15, -0.1) is 10.2 Å². The van der Waals surface area contributed by atoms with Crippen molar-refractivity contribution in [2.75, 3.05) is 32.2 Å². The first kappa shape index (κ1) is 25.1. The van der Waals surface area contributed by atoms with Crippen molar-refractivity contribution < 1.29 is 23.7 Å². The lowest BCUT2D eigenvalue weighted by molar-refractivity contribution is 0.102. The molecule has 9 nitrogen and oxygen atoms in total. The molecule has 0 fully saturated rings. The average Bonchev–Trinajstić information content (AvgIpc) is 3.29. The summed E-state index contributed by atoms with van der Waals surface area (Å²) < 4.78 is 22.4. The molecule has 1 aromatic heterocycles. The van der Waals surface area contributed by atoms with Gasteiger partial charge in [0, 0.05) is 11.3 Å². The molecule has 3 aromatic carbocycles. The van der Waals surface area contributed by atoms with Crippen LogP contribution < -0.4 is 24.3 Å². The second-order valence-corrected chi connectivity index (χ2v) is 7.97. The number of fused-ring (bicyclic) bond motifs is 1. The van der Waals surface area contributed by atoms with E-state index in [2.05, 4.69) is 15.5 Å². The van der Waals surface area contributed by atoms with Gasteiger partial charge < -0.3 is 24.3 Å². The summed E-state index contributed by atoms with van der Waals surface area (Å²) in [5, 5.41) is 12.4. The first-order chi connectivity index (χ1) is 17.5. The van der Waals surface area contributed by atoms with Crippen LogP contribution in [0.2, 0.25) is 5.02 Å². The van der Waals surface area contributed by atoms with Crippen molar-refractivity contribution in [1.82, 2.24) is 15.0 Å². The Labute approximate surface area is 213 Å². The molecular formula is C26H27ClN4O5. The number of aromatic nitrogens is 3. The number of carbonyl (C=O) groups excluding carboxylic acids is 1. The molecule has 0 radical (unpaired) electrons. The van der Waals surface area contributed by atoms with Crippen molar-refractivity contribution >= 4 is 34.2 Å². The molecule has 1 heterocycles. The predicted octanol–water partition coefficient (Wildman–Crippen LogP) is 5.53. The van der Waals surface area contributed by atoms with E-state index in [0.29, 0.717) is 75.8 Å². The summed E-state index contributed by atoms with van der Waals surface area (Å²) in [4.78, 5) is 14.6. The zero-order valence-corrected chi connectivity index (χ0v) is 21.3. The Morgan fingerprint density at radius 1 is 0.861 bits per heavy atom. The molecule has 0 aliphatic carbocycles. The third kappa shape index (κ3) is 5.31. The van der Waals surface area contributed by atoms with Crippen LogP contribution in [-0.2, 0) is 0 Å². The Balaban J connectivity index is 1.61. The van der Waals surface area contributed by atoms with Gasteiger partial charge in [0.25, 0.3) is 5.91 Å². The highest BCUT2D eigenvalue weighted by Gasteiger charge is 2.19. The molecule has 0 saturated heterocycles. The van der Waals surface area contributed by atoms with Crippen LogP contribution in [0.1, 0.15) is 31.1 Å². The lowest BCUT2D eigenvalue weighted by Gasteiger charge is -2.17. The van der Waals surface area contributed by atoms with E-state index in [-0.39, 0.29) is 5.91 Å². The molecule has 0 aliphatic heterocycles. The molecule has 0 atom stereocenters. The van der Waals surface area contributed by atoms with Gasteiger partial charge in [0.1, 0.15) is 16.8 Å². The Kier molecular flexibility index (Phi) is 7.80. The average molecular weight is 511 g/mol. The number of halogens is 1. The van der Waals surface area contributed by atoms with Gasteiger partial charge in [0.15, 0.2) is 11.5 Å². The first-order valence-corrected chi connectivity index (χ1v) is 11.9. The highest BCUT2D eigenvalue weighted by Crippen LogP contribution is 2.39. The second-order valence-electron chi connectivity index (χ2n) is 7.57. The fraction of sp³-hybridized carbons (Fsp3) is 0.269. The van der Waals surface area contributed by atoms with Gasteiger partial charge in [-0.25, -0.2) is 0 Å². The Morgan fingerprint density at radius 3 is 2.14 bits per heavy atom. The first-order valence-electron chi connectivity index (χ1n) is 11.6. The van der Waals surface area contributed by atoms with Gasteiger partial charge in [-0.3, -0.25) is 4.79 Å². The van der Waals surface area contributed by atoms with Crippen molar-refractivity contribution in [3.05, 3.63) is 59.1 Å². The van der Waals surface area contributed by atoms with Gasteiger partial charge in [-0.1, -0.05) is 11.6 Å². The fourth-order valence-corrected chi connectivity index (χ4v) is 3.86. The molecule has 0 spiro atoms. The zero-order valence-electron chi connectivity index (χ0n) is 20.5. The number of hydrogen-bond donors (Lipinski definition) is 1. The van der Waals surface area contributed by atoms with Gasteiger partial charge >= 0.3 is 0 Å². The number of nitrogens with zero attached hydrogens (tertiary/aromatic N) is 3. The third-order valence-electron chi connectivity index (χ3n) is 5.18. The Hall–Kier alpha value is -3.98. The molecule has 0 aliphatic rings. The van der Waals surface area contributed by atoms with E-state index >= 15 is 0 Å². The summed E-state index contributed by atoms with van der Waals surface area (Å²) in [6.45, 7) is 6.89. The molecule has 10 heteroatoms. The van der Waals surface area contributed by atoms with Crippen molar-refractivity contribution in [2.24, 2.45) is 0 Å². The number of amides is 1. The van der Waals surface area contributed by atoms with Gasteiger partial charge in [0.05, 0.1) is 37.6 Å². The molecule has 0 unspecified atom stereocenters. The molecule has 0 bridgehead atoms. The van der Waals surface area contributed by atoms with Crippen LogP contribution >= 0.6 is 11.6 Å². The van der Waals surface area contributed by atoms with Crippen molar-refractivity contribution in [1.29, 1.82) is 0 Å². The summed E-state index contributed by atoms with van der Waals surface area (Å²) in [5.41, 5.74) is 2.90. The van der Waals surface area contributed by atoms with E-state index in [1.807, 2.05) is 26.8 Å². The number of nitrogens with one attached hydrogen (secondary N) is 1. The largest absolute Gasteiger partial charge is 0.495 e. The SMILES string of the molecule is CCOc1cc(C(=O)Nc2ccc3nn(-c4ccc(OC)c(Cl)c4)nc3c2)cc(OCC)c1OCC. The van der Waals surface area contributed by atoms with Crippen molar-refractivity contribution in [2.45, 2.75) is 20.8 Å². The summed E-state index contributed by atoms with van der Waals surface area (Å²) in [6.07, 6.45) is 0. The minimum absolute atomic E-state index is 0.325. The van der Waals surface area contributed by atoms with Crippen LogP contribution in [-0.4, -0.2) is 47.8 Å². The van der Waals surface area contributed by atoms with Crippen LogP contribution in [0.5, 0.6) is 23.0 Å². The van der Waals surface area contributed by atoms with Gasteiger partial charge in [0.2, 0.25) is 5.75 Å². The molecule has 4 rings (SSSR count). The standard InChI is InChI=1S/C26H27ClN4O5/c1-5-34-23-12-16(13-24(35-6-2)25(23)36-7-3)26(32)28-17-8-10-20-21(14-17)30-31(29-20)18-9-11-22(33-4)19(27)15-18/h8-15H,5-7H2,1-4H3,(H,28,32). The minimum Gasteiger partial charge on any atom is -0.495 e. The van der Waals surface area contributed by atoms with Crippen LogP contribution in [0, 0.1) is 0 Å². The van der Waals surface area contributed by atoms with Crippen molar-refractivity contribution in [3.8, 4) is 28.7 Å². The molecular weight excluding hydrogens is 484 g/mol. The molecule has 0 saturated carbocycles. The number of anilines is 1. The lowest BCUT2D eigenvalue weighted by Crippen LogP contribution is -2.13. The second kappa shape index (κ2) is 11.2. The van der Waals surface area contributed by atoms with E-state index in [9.17, 15) is 4.79 Å². The van der Waals surface area contributed by atoms with E-state index < -0.39 is 0 Å². The maximum absolute atomic E-state index is 13.1. The summed E-state index contributed by atoms with van der Waals surface area (Å²) in [7, 11) is 1.56. The maximum Gasteiger partial charge on any atom is 0.255 e. The van der Waals surface area contributed by atoms with Crippen LogP contribution in [0.3, 0.4) is 0 Å². The van der Waals surface area contributed by atoms with E-state index in [1.54, 1.807) is 49.6 Å². The quantitative estimate of drug-likeness (QED) is 0.299. The van der Waals surface area contributed by atoms with Crippen LogP contribution in [0.15, 0.2) is 48.5 Å². The topological polar surface area (TPSA) is 96.7 Å². The number of ether oxygens (including phenoxy) is 4. The highest BCUT2D eigenvalue weighted by atomic mass is 35.5. The molecule has 4 aromatic rings. The number of methoxy groups -OCH3 is 1. The molecule has 1 amide bonds. The minimum atomic E-state index is -0.325. The summed E-state index contributed by atoms with van der Waals surface area (Å²) >= 11 is 6.24. The number of hydrogen-bond acceptors (Lipinski definition) is 7. The van der Waals surface area contributed by atoms with Gasteiger partial charge in [-0.2, -0.15) is 4.80 Å². The van der Waals surface area contributed by atoms with Crippen molar-refractivity contribution in [3.63, 3.8) is 0 Å². The zero-order chi connectivity index (χ0) is 25.7. The van der Waals surface area contributed by atoms with E-state index in [4.69, 9.17) is 30.5 Å². The number of carbonyl (C=O) groups is 1. The number of rotatable bonds is 10. The summed E-state index contributed by atoms with van der Waals surface area (Å²) in [5.74, 6) is 1.62. The molecule has 36 heavy (non-hydrogen) atoms. The summed E-state index contributed by atoms with van der Waals surface area (Å²) in [6, 6.07) is 13.9. The Morgan fingerprint density at radius 2 is 1.53 bits per heavy atom. The number of benzene rings is 3. The molecule has 188 valence electrons. The predicted molar refractivity (Wildman–Crippen MR) is 138 cm³/mol. The normalized spacial score (nSPS) is 10.8. The fourth-order valence-electron chi connectivity index (χ4n) is 3.61. The van der Waals surface area contributed by atoms with Crippen LogP contribution in [0.25, 0.3) is 16.7 Å². The highest BCUT2D eigenvalue weighted by molar-refractivity contribution is 6.32. The molecule has 1 N–H and O–H groups in total. The van der Waals surface area contributed by atoms with E-state index in [1.165, 1.54) is 4.80 Å². The van der Waals surface area contributed by atoms with Crippen LogP contribution in [0.4, 0.5) is 5.69 Å². The lowest BCUT2D eigenvalue weighted by atomic mass is 10.1.